The van der Waals surface area contributed by atoms with Crippen LogP contribution in [0.15, 0.2) is 30.3 Å². The zero-order valence-electron chi connectivity index (χ0n) is 11.9. The van der Waals surface area contributed by atoms with Gasteiger partial charge in [0.2, 0.25) is 11.8 Å². The van der Waals surface area contributed by atoms with Crippen molar-refractivity contribution in [2.24, 2.45) is 0 Å². The standard InChI is InChI=1S/C14H21N3O2.ClH/c1-3-9-17(11-13(18)15-2)14(19)10-16-12-7-5-4-6-8-12;/h4-8,16H,3,9-11H2,1-2H3,(H,15,18);1H. The molecule has 0 bridgehead atoms. The fraction of sp³-hybridized carbons (Fsp3) is 0.429. The first-order valence-electron chi connectivity index (χ1n) is 6.44. The van der Waals surface area contributed by atoms with E-state index >= 15 is 0 Å². The number of likely N-dealkylation sites (N-methyl/N-ethyl adjacent to an activating group) is 1. The minimum absolute atomic E-state index is 0. The minimum atomic E-state index is -0.151. The van der Waals surface area contributed by atoms with Gasteiger partial charge in [0.15, 0.2) is 0 Å². The van der Waals surface area contributed by atoms with Crippen LogP contribution >= 0.6 is 12.4 Å². The molecule has 2 N–H and O–H groups in total. The van der Waals surface area contributed by atoms with E-state index in [2.05, 4.69) is 10.6 Å². The Morgan fingerprint density at radius 1 is 1.20 bits per heavy atom. The van der Waals surface area contributed by atoms with Crippen molar-refractivity contribution in [2.75, 3.05) is 32.0 Å². The molecular formula is C14H22ClN3O2. The Bertz CT molecular complexity index is 412. The van der Waals surface area contributed by atoms with Gasteiger partial charge in [-0.05, 0) is 18.6 Å². The summed E-state index contributed by atoms with van der Waals surface area (Å²) in [6.45, 7) is 2.87. The van der Waals surface area contributed by atoms with Crippen molar-refractivity contribution in [3.63, 3.8) is 0 Å². The number of amides is 2. The van der Waals surface area contributed by atoms with Gasteiger partial charge in [0.05, 0.1) is 13.1 Å². The van der Waals surface area contributed by atoms with E-state index in [4.69, 9.17) is 0 Å². The van der Waals surface area contributed by atoms with Gasteiger partial charge in [-0.15, -0.1) is 12.4 Å². The topological polar surface area (TPSA) is 61.4 Å². The van der Waals surface area contributed by atoms with Crippen LogP contribution in [0, 0.1) is 0 Å². The van der Waals surface area contributed by atoms with Crippen LogP contribution in [0.4, 0.5) is 5.69 Å². The van der Waals surface area contributed by atoms with E-state index in [0.29, 0.717) is 6.54 Å². The van der Waals surface area contributed by atoms with Crippen molar-refractivity contribution in [1.82, 2.24) is 10.2 Å². The maximum atomic E-state index is 12.0. The van der Waals surface area contributed by atoms with E-state index in [9.17, 15) is 9.59 Å². The molecule has 1 aromatic rings. The summed E-state index contributed by atoms with van der Waals surface area (Å²) in [6.07, 6.45) is 0.827. The van der Waals surface area contributed by atoms with Gasteiger partial charge in [-0.3, -0.25) is 9.59 Å². The van der Waals surface area contributed by atoms with E-state index in [-0.39, 0.29) is 37.3 Å². The lowest BCUT2D eigenvalue weighted by atomic mass is 10.3. The summed E-state index contributed by atoms with van der Waals surface area (Å²) >= 11 is 0. The molecule has 112 valence electrons. The fourth-order valence-electron chi connectivity index (χ4n) is 1.66. The molecule has 0 aliphatic rings. The summed E-state index contributed by atoms with van der Waals surface area (Å²) in [6, 6.07) is 9.52. The highest BCUT2D eigenvalue weighted by Crippen LogP contribution is 2.04. The molecule has 1 rings (SSSR count). The highest BCUT2D eigenvalue weighted by Gasteiger charge is 2.15. The number of nitrogens with zero attached hydrogens (tertiary/aromatic N) is 1. The molecule has 20 heavy (non-hydrogen) atoms. The summed E-state index contributed by atoms with van der Waals surface area (Å²) in [7, 11) is 1.57. The number of carbonyl (C=O) groups excluding carboxylic acids is 2. The highest BCUT2D eigenvalue weighted by molar-refractivity contribution is 5.86. The van der Waals surface area contributed by atoms with Gasteiger partial charge in [0, 0.05) is 19.3 Å². The molecule has 0 aliphatic heterocycles. The second-order valence-corrected chi connectivity index (χ2v) is 4.21. The number of hydrogen-bond acceptors (Lipinski definition) is 3. The second-order valence-electron chi connectivity index (χ2n) is 4.21. The lowest BCUT2D eigenvalue weighted by Crippen LogP contribution is -2.42. The van der Waals surface area contributed by atoms with Crippen LogP contribution in [0.1, 0.15) is 13.3 Å². The molecule has 0 aromatic heterocycles. The van der Waals surface area contributed by atoms with Gasteiger partial charge in [-0.25, -0.2) is 0 Å². The molecule has 0 radical (unpaired) electrons. The van der Waals surface area contributed by atoms with Crippen molar-refractivity contribution in [2.45, 2.75) is 13.3 Å². The fourth-order valence-corrected chi connectivity index (χ4v) is 1.66. The Morgan fingerprint density at radius 2 is 1.85 bits per heavy atom. The first kappa shape index (κ1) is 18.2. The summed E-state index contributed by atoms with van der Waals surface area (Å²) in [5.74, 6) is -0.226. The maximum Gasteiger partial charge on any atom is 0.242 e. The first-order valence-corrected chi connectivity index (χ1v) is 6.44. The molecule has 0 saturated carbocycles. The zero-order valence-corrected chi connectivity index (χ0v) is 12.7. The van der Waals surface area contributed by atoms with Crippen molar-refractivity contribution < 1.29 is 9.59 Å². The molecule has 5 nitrogen and oxygen atoms in total. The number of nitrogens with one attached hydrogen (secondary N) is 2. The van der Waals surface area contributed by atoms with Crippen molar-refractivity contribution in [1.29, 1.82) is 0 Å². The SMILES string of the molecule is CCCN(CC(=O)NC)C(=O)CNc1ccccc1.Cl. The van der Waals surface area contributed by atoms with Crippen LogP contribution in [-0.4, -0.2) is 43.4 Å². The Hall–Kier alpha value is -1.75. The normalized spacial score (nSPS) is 9.30. The third-order valence-corrected chi connectivity index (χ3v) is 2.68. The van der Waals surface area contributed by atoms with E-state index < -0.39 is 0 Å². The van der Waals surface area contributed by atoms with Crippen LogP contribution in [0.2, 0.25) is 0 Å². The molecule has 0 unspecified atom stereocenters. The van der Waals surface area contributed by atoms with Crippen LogP contribution in [-0.2, 0) is 9.59 Å². The molecule has 0 aliphatic carbocycles. The summed E-state index contributed by atoms with van der Waals surface area (Å²) in [4.78, 5) is 25.0. The number of anilines is 1. The minimum Gasteiger partial charge on any atom is -0.376 e. The number of rotatable bonds is 7. The molecule has 2 amide bonds. The van der Waals surface area contributed by atoms with Gasteiger partial charge in [0.25, 0.3) is 0 Å². The Morgan fingerprint density at radius 3 is 2.40 bits per heavy atom. The van der Waals surface area contributed by atoms with E-state index in [1.54, 1.807) is 11.9 Å². The largest absolute Gasteiger partial charge is 0.376 e. The van der Waals surface area contributed by atoms with E-state index in [1.807, 2.05) is 37.3 Å². The molecule has 0 spiro atoms. The number of benzene rings is 1. The van der Waals surface area contributed by atoms with Gasteiger partial charge in [0.1, 0.15) is 0 Å². The Labute approximate surface area is 126 Å². The lowest BCUT2D eigenvalue weighted by molar-refractivity contribution is -0.134. The first-order chi connectivity index (χ1) is 9.17. The third kappa shape index (κ3) is 6.43. The van der Waals surface area contributed by atoms with Gasteiger partial charge < -0.3 is 15.5 Å². The van der Waals surface area contributed by atoms with E-state index in [0.717, 1.165) is 12.1 Å². The van der Waals surface area contributed by atoms with Gasteiger partial charge in [-0.2, -0.15) is 0 Å². The molecule has 0 saturated heterocycles. The molecule has 0 atom stereocenters. The molecule has 6 heteroatoms. The van der Waals surface area contributed by atoms with E-state index in [1.165, 1.54) is 0 Å². The summed E-state index contributed by atoms with van der Waals surface area (Å²) in [5.41, 5.74) is 0.896. The number of halogens is 1. The van der Waals surface area contributed by atoms with Crippen LogP contribution < -0.4 is 10.6 Å². The average Bonchev–Trinajstić information content (AvgIpc) is 2.45. The molecule has 0 fully saturated rings. The zero-order chi connectivity index (χ0) is 14.1. The Balaban J connectivity index is 0.00000361. The van der Waals surface area contributed by atoms with Gasteiger partial charge in [-0.1, -0.05) is 25.1 Å². The maximum absolute atomic E-state index is 12.0. The smallest absolute Gasteiger partial charge is 0.242 e. The summed E-state index contributed by atoms with van der Waals surface area (Å²) in [5, 5.41) is 5.58. The quantitative estimate of drug-likeness (QED) is 0.802. The number of hydrogen-bond donors (Lipinski definition) is 2. The summed E-state index contributed by atoms with van der Waals surface area (Å²) < 4.78 is 0. The average molecular weight is 300 g/mol. The van der Waals surface area contributed by atoms with Crippen molar-refractivity contribution in [3.8, 4) is 0 Å². The number of carbonyl (C=O) groups is 2. The predicted molar refractivity (Wildman–Crippen MR) is 83.1 cm³/mol. The van der Waals surface area contributed by atoms with Crippen molar-refractivity contribution >= 4 is 29.9 Å². The molecular weight excluding hydrogens is 278 g/mol. The predicted octanol–water partition coefficient (Wildman–Crippen LogP) is 1.50. The van der Waals surface area contributed by atoms with Crippen LogP contribution in [0.5, 0.6) is 0 Å². The van der Waals surface area contributed by atoms with Crippen LogP contribution in [0.3, 0.4) is 0 Å². The number of para-hydroxylation sites is 1. The third-order valence-electron chi connectivity index (χ3n) is 2.68. The van der Waals surface area contributed by atoms with Crippen LogP contribution in [0.25, 0.3) is 0 Å². The molecule has 1 aromatic carbocycles. The van der Waals surface area contributed by atoms with Crippen molar-refractivity contribution in [3.05, 3.63) is 30.3 Å². The highest BCUT2D eigenvalue weighted by atomic mass is 35.5. The monoisotopic (exact) mass is 299 g/mol. The molecule has 0 heterocycles. The second kappa shape index (κ2) is 10.1. The Kier molecular flexibility index (Phi) is 9.20. The lowest BCUT2D eigenvalue weighted by Gasteiger charge is -2.21. The van der Waals surface area contributed by atoms with Gasteiger partial charge >= 0.3 is 0 Å².